The van der Waals surface area contributed by atoms with Crippen molar-refractivity contribution in [3.63, 3.8) is 0 Å². The summed E-state index contributed by atoms with van der Waals surface area (Å²) in [5.41, 5.74) is 0. The Balaban J connectivity index is 2.99. The van der Waals surface area contributed by atoms with Gasteiger partial charge in [-0.3, -0.25) is 0 Å². The predicted octanol–water partition coefficient (Wildman–Crippen LogP) is 6.45. The summed E-state index contributed by atoms with van der Waals surface area (Å²) >= 11 is -1.21. The van der Waals surface area contributed by atoms with Crippen molar-refractivity contribution in [3.8, 4) is 0 Å². The van der Waals surface area contributed by atoms with Crippen molar-refractivity contribution in [1.82, 2.24) is 0 Å². The van der Waals surface area contributed by atoms with Crippen LogP contribution in [0.1, 0.15) is 70.6 Å². The Hall–Kier alpha value is 0.543. The monoisotopic (exact) mass is 301 g/mol. The molecule has 1 heteroatoms. The number of rotatable bonds is 12. The zero-order valence-corrected chi connectivity index (χ0v) is 14.8. The first-order chi connectivity index (χ1) is 8.06. The molecule has 0 aromatic carbocycles. The van der Waals surface area contributed by atoms with Gasteiger partial charge in [0, 0.05) is 0 Å². The molecule has 0 saturated heterocycles. The van der Waals surface area contributed by atoms with Crippen molar-refractivity contribution in [1.29, 1.82) is 0 Å². The Morgan fingerprint density at radius 2 is 0.941 bits per heavy atom. The Kier molecular flexibility index (Phi) is 12.0. The Morgan fingerprint density at radius 3 is 1.29 bits per heavy atom. The second-order valence-electron chi connectivity index (χ2n) is 6.70. The van der Waals surface area contributed by atoms with Crippen LogP contribution in [0.4, 0.5) is 0 Å². The molecule has 0 aromatic rings. The average molecular weight is 300 g/mol. The molecule has 0 saturated carbocycles. The minimum atomic E-state index is -1.21. The standard InChI is InChI=1S/C16H35Ge/c1-5-6-7-8-9-10-11-12-13-14-15-16-17(2,3)4/h1,5-16H2,2-4H3. The second-order valence-corrected chi connectivity index (χ2v) is 18.5. The van der Waals surface area contributed by atoms with Gasteiger partial charge in [-0.05, 0) is 0 Å². The van der Waals surface area contributed by atoms with Crippen LogP contribution < -0.4 is 0 Å². The molecule has 103 valence electrons. The summed E-state index contributed by atoms with van der Waals surface area (Å²) in [6.45, 7) is 3.88. The van der Waals surface area contributed by atoms with E-state index in [0.29, 0.717) is 0 Å². The zero-order chi connectivity index (χ0) is 13.0. The molecule has 0 bridgehead atoms. The van der Waals surface area contributed by atoms with Gasteiger partial charge in [0.25, 0.3) is 0 Å². The van der Waals surface area contributed by atoms with Crippen molar-refractivity contribution in [2.24, 2.45) is 0 Å². The van der Waals surface area contributed by atoms with Gasteiger partial charge in [0.1, 0.15) is 0 Å². The van der Waals surface area contributed by atoms with Crippen molar-refractivity contribution in [2.75, 3.05) is 0 Å². The molecule has 0 heterocycles. The quantitative estimate of drug-likeness (QED) is 0.287. The van der Waals surface area contributed by atoms with E-state index in [2.05, 4.69) is 24.2 Å². The van der Waals surface area contributed by atoms with E-state index in [1.54, 1.807) is 5.25 Å². The van der Waals surface area contributed by atoms with Gasteiger partial charge in [-0.25, -0.2) is 0 Å². The molecule has 0 amide bonds. The molecule has 0 aromatic heterocycles. The van der Waals surface area contributed by atoms with Crippen molar-refractivity contribution in [3.05, 3.63) is 6.92 Å². The van der Waals surface area contributed by atoms with Gasteiger partial charge in [-0.1, -0.05) is 6.92 Å². The average Bonchev–Trinajstić information content (AvgIpc) is 2.24. The third kappa shape index (κ3) is 16.5. The zero-order valence-electron chi connectivity index (χ0n) is 12.7. The van der Waals surface area contributed by atoms with Gasteiger partial charge in [-0.15, -0.1) is 0 Å². The van der Waals surface area contributed by atoms with Gasteiger partial charge in [0.15, 0.2) is 0 Å². The summed E-state index contributed by atoms with van der Waals surface area (Å²) in [7, 11) is 0. The van der Waals surface area contributed by atoms with E-state index in [-0.39, 0.29) is 0 Å². The van der Waals surface area contributed by atoms with Crippen LogP contribution in [0.15, 0.2) is 0 Å². The fourth-order valence-corrected chi connectivity index (χ4v) is 5.00. The third-order valence-corrected chi connectivity index (χ3v) is 7.32. The van der Waals surface area contributed by atoms with Crippen LogP contribution in [0.25, 0.3) is 0 Å². The van der Waals surface area contributed by atoms with E-state index < -0.39 is 13.3 Å². The van der Waals surface area contributed by atoms with Gasteiger partial charge >= 0.3 is 106 Å². The number of unbranched alkanes of at least 4 members (excludes halogenated alkanes) is 10. The summed E-state index contributed by atoms with van der Waals surface area (Å²) in [5.74, 6) is 7.60. The summed E-state index contributed by atoms with van der Waals surface area (Å²) < 4.78 is 0. The van der Waals surface area contributed by atoms with E-state index in [4.69, 9.17) is 0 Å². The maximum absolute atomic E-state index is 3.88. The van der Waals surface area contributed by atoms with Crippen LogP contribution >= 0.6 is 0 Å². The Labute approximate surface area is 113 Å². The van der Waals surface area contributed by atoms with Crippen LogP contribution in [0.3, 0.4) is 0 Å². The molecule has 0 rings (SSSR count). The molecular weight excluding hydrogens is 265 g/mol. The molecule has 0 spiro atoms. The number of hydrogen-bond acceptors (Lipinski definition) is 0. The molecule has 17 heavy (non-hydrogen) atoms. The molecule has 0 aliphatic rings. The van der Waals surface area contributed by atoms with E-state index in [1.807, 2.05) is 0 Å². The van der Waals surface area contributed by atoms with Crippen LogP contribution in [-0.4, -0.2) is 13.3 Å². The van der Waals surface area contributed by atoms with Gasteiger partial charge < -0.3 is 0 Å². The second kappa shape index (κ2) is 11.6. The third-order valence-electron chi connectivity index (χ3n) is 3.43. The first kappa shape index (κ1) is 17.5. The fourth-order valence-electron chi connectivity index (χ4n) is 2.25. The molecule has 0 aliphatic heterocycles. The van der Waals surface area contributed by atoms with Gasteiger partial charge in [0.2, 0.25) is 0 Å². The molecular formula is C16H35Ge. The summed E-state index contributed by atoms with van der Waals surface area (Å²) in [4.78, 5) is 0. The Bertz CT molecular complexity index is 146. The van der Waals surface area contributed by atoms with Crippen molar-refractivity contribution < 1.29 is 0 Å². The predicted molar refractivity (Wildman–Crippen MR) is 84.3 cm³/mol. The van der Waals surface area contributed by atoms with Crippen LogP contribution in [0.5, 0.6) is 0 Å². The summed E-state index contributed by atoms with van der Waals surface area (Å²) in [6, 6.07) is 0. The molecule has 0 fully saturated rings. The molecule has 0 unspecified atom stereocenters. The van der Waals surface area contributed by atoms with Gasteiger partial charge in [-0.2, -0.15) is 0 Å². The maximum atomic E-state index is 3.88. The first-order valence-electron chi connectivity index (χ1n) is 7.85. The molecule has 0 atom stereocenters. The molecule has 0 N–H and O–H groups in total. The fraction of sp³-hybridized carbons (Fsp3) is 0.938. The molecule has 0 nitrogen and oxygen atoms in total. The van der Waals surface area contributed by atoms with Crippen LogP contribution in [0.2, 0.25) is 22.5 Å². The molecule has 0 aliphatic carbocycles. The van der Waals surface area contributed by atoms with Crippen molar-refractivity contribution >= 4 is 13.3 Å². The van der Waals surface area contributed by atoms with Crippen LogP contribution in [-0.2, 0) is 0 Å². The topological polar surface area (TPSA) is 0 Å². The van der Waals surface area contributed by atoms with Crippen LogP contribution in [0, 0.1) is 6.92 Å². The summed E-state index contributed by atoms with van der Waals surface area (Å²) in [6.07, 6.45) is 15.7. The summed E-state index contributed by atoms with van der Waals surface area (Å²) in [5, 5.41) is 1.57. The van der Waals surface area contributed by atoms with Gasteiger partial charge in [0.05, 0.1) is 0 Å². The normalized spacial score (nSPS) is 12.0. The number of hydrogen-bond donors (Lipinski definition) is 0. The van der Waals surface area contributed by atoms with E-state index in [9.17, 15) is 0 Å². The van der Waals surface area contributed by atoms with Crippen molar-refractivity contribution in [2.45, 2.75) is 93.2 Å². The Morgan fingerprint density at radius 1 is 0.588 bits per heavy atom. The van der Waals surface area contributed by atoms with E-state index >= 15 is 0 Å². The first-order valence-corrected chi connectivity index (χ1v) is 15.6. The SMILES string of the molecule is [CH2]CCCCCCCCCCC[CH2][Ge]([CH3])([CH3])[CH3]. The molecule has 1 radical (unpaired) electrons. The minimum absolute atomic E-state index is 1.12. The van der Waals surface area contributed by atoms with E-state index in [0.717, 1.165) is 6.42 Å². The van der Waals surface area contributed by atoms with E-state index in [1.165, 1.54) is 64.2 Å².